The van der Waals surface area contributed by atoms with E-state index in [0.29, 0.717) is 24.3 Å². The topological polar surface area (TPSA) is 52.6 Å². The molecule has 146 valence electrons. The number of ether oxygens (including phenoxy) is 2. The standard InChI is InChI=1S/C21H31ClO4/c1-2-3-9-15-25-20(23)18-12-11-13-19(17-18)21(24)26-16-10-7-5-4-6-8-14-22/h11-13,17H,2-10,14-16H2,1H3. The van der Waals surface area contributed by atoms with Crippen molar-refractivity contribution < 1.29 is 19.1 Å². The van der Waals surface area contributed by atoms with Gasteiger partial charge in [0.15, 0.2) is 0 Å². The molecular formula is C21H31ClO4. The molecule has 0 amide bonds. The minimum Gasteiger partial charge on any atom is -0.462 e. The van der Waals surface area contributed by atoms with Gasteiger partial charge in [0.2, 0.25) is 0 Å². The van der Waals surface area contributed by atoms with E-state index in [9.17, 15) is 9.59 Å². The number of carbonyl (C=O) groups excluding carboxylic acids is 2. The van der Waals surface area contributed by atoms with E-state index in [1.165, 1.54) is 12.5 Å². The normalized spacial score (nSPS) is 10.5. The quantitative estimate of drug-likeness (QED) is 0.233. The van der Waals surface area contributed by atoms with Crippen molar-refractivity contribution in [2.45, 2.75) is 64.7 Å². The molecule has 4 nitrogen and oxygen atoms in total. The number of carbonyl (C=O) groups is 2. The Morgan fingerprint density at radius 3 is 1.85 bits per heavy atom. The van der Waals surface area contributed by atoms with Crippen molar-refractivity contribution >= 4 is 23.5 Å². The highest BCUT2D eigenvalue weighted by Gasteiger charge is 2.12. The molecule has 0 spiro atoms. The Morgan fingerprint density at radius 1 is 0.808 bits per heavy atom. The second-order valence-electron chi connectivity index (χ2n) is 6.37. The molecule has 0 aliphatic heterocycles. The molecule has 1 aromatic rings. The largest absolute Gasteiger partial charge is 0.462 e. The van der Waals surface area contributed by atoms with Crippen LogP contribution in [0.1, 0.15) is 85.4 Å². The third kappa shape index (κ3) is 9.81. The van der Waals surface area contributed by atoms with Gasteiger partial charge < -0.3 is 9.47 Å². The van der Waals surface area contributed by atoms with Crippen molar-refractivity contribution in [3.8, 4) is 0 Å². The summed E-state index contributed by atoms with van der Waals surface area (Å²) in [6.45, 7) is 2.91. The maximum atomic E-state index is 12.1. The number of halogens is 1. The van der Waals surface area contributed by atoms with Crippen molar-refractivity contribution in [2.24, 2.45) is 0 Å². The summed E-state index contributed by atoms with van der Waals surface area (Å²) in [5.74, 6) is -0.0661. The zero-order chi connectivity index (χ0) is 19.0. The van der Waals surface area contributed by atoms with Crippen LogP contribution in [0.25, 0.3) is 0 Å². The smallest absolute Gasteiger partial charge is 0.338 e. The van der Waals surface area contributed by atoms with Crippen molar-refractivity contribution in [3.05, 3.63) is 35.4 Å². The van der Waals surface area contributed by atoms with E-state index in [-0.39, 0.29) is 0 Å². The fraction of sp³-hybridized carbons (Fsp3) is 0.619. The maximum absolute atomic E-state index is 12.1. The van der Waals surface area contributed by atoms with Crippen LogP contribution >= 0.6 is 11.6 Å². The highest BCUT2D eigenvalue weighted by Crippen LogP contribution is 2.10. The molecule has 0 aromatic heterocycles. The number of rotatable bonds is 14. The SMILES string of the molecule is CCCCCOC(=O)c1cccc(C(=O)OCCCCCCCCCl)c1. The third-order valence-corrected chi connectivity index (χ3v) is 4.34. The summed E-state index contributed by atoms with van der Waals surface area (Å²) >= 11 is 5.64. The number of alkyl halides is 1. The Labute approximate surface area is 162 Å². The molecule has 0 fully saturated rings. The van der Waals surface area contributed by atoms with Gasteiger partial charge in [0.25, 0.3) is 0 Å². The fourth-order valence-electron chi connectivity index (χ4n) is 2.53. The van der Waals surface area contributed by atoms with E-state index in [2.05, 4.69) is 6.92 Å². The van der Waals surface area contributed by atoms with Crippen molar-refractivity contribution in [2.75, 3.05) is 19.1 Å². The lowest BCUT2D eigenvalue weighted by Gasteiger charge is -2.07. The van der Waals surface area contributed by atoms with Gasteiger partial charge in [-0.3, -0.25) is 0 Å². The summed E-state index contributed by atoms with van der Waals surface area (Å²) in [4.78, 5) is 24.1. The van der Waals surface area contributed by atoms with Gasteiger partial charge in [-0.2, -0.15) is 0 Å². The second kappa shape index (κ2) is 14.6. The summed E-state index contributed by atoms with van der Waals surface area (Å²) in [5, 5.41) is 0. The monoisotopic (exact) mass is 382 g/mol. The van der Waals surface area contributed by atoms with Crippen LogP contribution in [0.5, 0.6) is 0 Å². The average Bonchev–Trinajstić information content (AvgIpc) is 2.67. The molecule has 0 unspecified atom stereocenters. The van der Waals surface area contributed by atoms with Gasteiger partial charge in [0.1, 0.15) is 0 Å². The zero-order valence-electron chi connectivity index (χ0n) is 15.8. The van der Waals surface area contributed by atoms with Crippen LogP contribution in [0.2, 0.25) is 0 Å². The van der Waals surface area contributed by atoms with Crippen LogP contribution in [-0.2, 0) is 9.47 Å². The van der Waals surface area contributed by atoms with E-state index in [1.807, 2.05) is 0 Å². The Balaban J connectivity index is 2.30. The predicted molar refractivity (Wildman–Crippen MR) is 105 cm³/mol. The van der Waals surface area contributed by atoms with E-state index in [4.69, 9.17) is 21.1 Å². The van der Waals surface area contributed by atoms with E-state index in [0.717, 1.165) is 57.2 Å². The van der Waals surface area contributed by atoms with Gasteiger partial charge in [-0.15, -0.1) is 11.6 Å². The number of benzene rings is 1. The predicted octanol–water partition coefficient (Wildman–Crippen LogP) is 5.77. The van der Waals surface area contributed by atoms with Crippen molar-refractivity contribution in [1.29, 1.82) is 0 Å². The first kappa shape index (κ1) is 22.5. The molecule has 0 heterocycles. The highest BCUT2D eigenvalue weighted by molar-refractivity contribution is 6.17. The molecule has 0 N–H and O–H groups in total. The Bertz CT molecular complexity index is 530. The summed E-state index contributed by atoms with van der Waals surface area (Å²) < 4.78 is 10.5. The summed E-state index contributed by atoms with van der Waals surface area (Å²) in [5.41, 5.74) is 0.769. The van der Waals surface area contributed by atoms with Crippen LogP contribution in [0.4, 0.5) is 0 Å². The van der Waals surface area contributed by atoms with Crippen LogP contribution in [0.3, 0.4) is 0 Å². The molecule has 0 aliphatic rings. The lowest BCUT2D eigenvalue weighted by atomic mass is 10.1. The molecule has 0 saturated heterocycles. The van der Waals surface area contributed by atoms with Gasteiger partial charge >= 0.3 is 11.9 Å². The molecule has 0 saturated carbocycles. The molecule has 0 aliphatic carbocycles. The first-order valence-electron chi connectivity index (χ1n) is 9.69. The molecule has 0 bridgehead atoms. The van der Waals surface area contributed by atoms with Crippen molar-refractivity contribution in [3.63, 3.8) is 0 Å². The summed E-state index contributed by atoms with van der Waals surface area (Å²) in [7, 11) is 0. The van der Waals surface area contributed by atoms with Gasteiger partial charge in [-0.25, -0.2) is 9.59 Å². The van der Waals surface area contributed by atoms with Gasteiger partial charge in [0.05, 0.1) is 24.3 Å². The van der Waals surface area contributed by atoms with Crippen LogP contribution in [0.15, 0.2) is 24.3 Å². The van der Waals surface area contributed by atoms with Crippen LogP contribution in [0, 0.1) is 0 Å². The first-order chi connectivity index (χ1) is 12.7. The first-order valence-corrected chi connectivity index (χ1v) is 10.2. The number of unbranched alkanes of at least 4 members (excludes halogenated alkanes) is 7. The van der Waals surface area contributed by atoms with Gasteiger partial charge in [-0.1, -0.05) is 51.5 Å². The molecule has 0 atom stereocenters. The average molecular weight is 383 g/mol. The van der Waals surface area contributed by atoms with Crippen LogP contribution in [-0.4, -0.2) is 31.0 Å². The maximum Gasteiger partial charge on any atom is 0.338 e. The molecule has 0 radical (unpaired) electrons. The molecule has 1 aromatic carbocycles. The second-order valence-corrected chi connectivity index (χ2v) is 6.75. The van der Waals surface area contributed by atoms with E-state index >= 15 is 0 Å². The van der Waals surface area contributed by atoms with Crippen molar-refractivity contribution in [1.82, 2.24) is 0 Å². The summed E-state index contributed by atoms with van der Waals surface area (Å²) in [6, 6.07) is 6.52. The molecule has 5 heteroatoms. The van der Waals surface area contributed by atoms with E-state index < -0.39 is 11.9 Å². The fourth-order valence-corrected chi connectivity index (χ4v) is 2.71. The summed E-state index contributed by atoms with van der Waals surface area (Å²) in [6.07, 6.45) is 9.38. The molecule has 1 rings (SSSR count). The Morgan fingerprint density at radius 2 is 1.31 bits per heavy atom. The Kier molecular flexibility index (Phi) is 12.6. The lowest BCUT2D eigenvalue weighted by molar-refractivity contribution is 0.0496. The molecule has 26 heavy (non-hydrogen) atoms. The van der Waals surface area contributed by atoms with E-state index in [1.54, 1.807) is 18.2 Å². The number of hydrogen-bond donors (Lipinski definition) is 0. The van der Waals surface area contributed by atoms with Crippen LogP contribution < -0.4 is 0 Å². The minimum atomic E-state index is -0.396. The zero-order valence-corrected chi connectivity index (χ0v) is 16.6. The highest BCUT2D eigenvalue weighted by atomic mass is 35.5. The van der Waals surface area contributed by atoms with Gasteiger partial charge in [0, 0.05) is 5.88 Å². The third-order valence-electron chi connectivity index (χ3n) is 4.08. The van der Waals surface area contributed by atoms with Gasteiger partial charge in [-0.05, 0) is 37.5 Å². The lowest BCUT2D eigenvalue weighted by Crippen LogP contribution is -2.10. The minimum absolute atomic E-state index is 0.384. The molecular weight excluding hydrogens is 352 g/mol. The number of hydrogen-bond acceptors (Lipinski definition) is 4. The number of esters is 2. The Hall–Kier alpha value is -1.55.